The summed E-state index contributed by atoms with van der Waals surface area (Å²) in [4.78, 5) is 2.38. The summed E-state index contributed by atoms with van der Waals surface area (Å²) in [6.45, 7) is 12.1. The maximum Gasteiger partial charge on any atom is 0.169 e. The molecule has 3 rings (SSSR count). The summed E-state index contributed by atoms with van der Waals surface area (Å²) in [6.07, 6.45) is 0. The van der Waals surface area contributed by atoms with Crippen LogP contribution in [-0.4, -0.2) is 25.1 Å². The van der Waals surface area contributed by atoms with E-state index in [1.54, 1.807) is 0 Å². The van der Waals surface area contributed by atoms with Crippen LogP contribution in [0.25, 0.3) is 0 Å². The summed E-state index contributed by atoms with van der Waals surface area (Å²) in [5.41, 5.74) is 2.05. The largest absolute Gasteiger partial charge is 0.285 e. The standard InChI is InChI=1S/C23H30FN5/c1-17(2)21(22-25-26-27-29(22)23(3,4)5)28(15-18-9-7-6-8-10-18)16-19-11-13-20(24)14-12-19/h6-14,17,21H,15-16H2,1-5H3. The second kappa shape index (κ2) is 8.82. The molecule has 0 amide bonds. The highest BCUT2D eigenvalue weighted by Gasteiger charge is 2.32. The Hall–Kier alpha value is -2.60. The second-order valence-corrected chi connectivity index (χ2v) is 8.83. The molecule has 0 N–H and O–H groups in total. The Morgan fingerprint density at radius 1 is 0.931 bits per heavy atom. The molecular weight excluding hydrogens is 365 g/mol. The number of tetrazole rings is 1. The predicted molar refractivity (Wildman–Crippen MR) is 112 cm³/mol. The van der Waals surface area contributed by atoms with E-state index in [1.807, 2.05) is 22.9 Å². The second-order valence-electron chi connectivity index (χ2n) is 8.83. The normalized spacial score (nSPS) is 13.2. The molecule has 29 heavy (non-hydrogen) atoms. The first-order chi connectivity index (χ1) is 13.8. The molecular formula is C23H30FN5. The molecule has 0 fully saturated rings. The minimum atomic E-state index is -0.222. The van der Waals surface area contributed by atoms with Crippen LogP contribution in [0.3, 0.4) is 0 Å². The van der Waals surface area contributed by atoms with Gasteiger partial charge in [-0.3, -0.25) is 4.90 Å². The lowest BCUT2D eigenvalue weighted by atomic mass is 9.98. The zero-order chi connectivity index (χ0) is 21.0. The zero-order valence-electron chi connectivity index (χ0n) is 17.9. The van der Waals surface area contributed by atoms with Crippen LogP contribution in [0.4, 0.5) is 4.39 Å². The lowest BCUT2D eigenvalue weighted by Gasteiger charge is -2.35. The van der Waals surface area contributed by atoms with Gasteiger partial charge in [0, 0.05) is 13.1 Å². The molecule has 0 saturated carbocycles. The van der Waals surface area contributed by atoms with Crippen LogP contribution in [0.2, 0.25) is 0 Å². The SMILES string of the molecule is CC(C)C(c1nnnn1C(C)(C)C)N(Cc1ccccc1)Cc1ccc(F)cc1. The van der Waals surface area contributed by atoms with E-state index in [4.69, 9.17) is 0 Å². The quantitative estimate of drug-likeness (QED) is 0.567. The average molecular weight is 396 g/mol. The van der Waals surface area contributed by atoms with E-state index < -0.39 is 0 Å². The van der Waals surface area contributed by atoms with E-state index in [2.05, 4.69) is 79.3 Å². The lowest BCUT2D eigenvalue weighted by molar-refractivity contribution is 0.120. The third-order valence-electron chi connectivity index (χ3n) is 4.95. The van der Waals surface area contributed by atoms with Crippen molar-refractivity contribution in [1.82, 2.24) is 25.1 Å². The molecule has 3 aromatic rings. The van der Waals surface area contributed by atoms with Gasteiger partial charge in [-0.05, 0) is 60.4 Å². The van der Waals surface area contributed by atoms with E-state index in [1.165, 1.54) is 17.7 Å². The minimum Gasteiger partial charge on any atom is -0.285 e. The third kappa shape index (κ3) is 5.26. The number of benzene rings is 2. The highest BCUT2D eigenvalue weighted by atomic mass is 19.1. The van der Waals surface area contributed by atoms with Crippen molar-refractivity contribution in [2.24, 2.45) is 5.92 Å². The molecule has 1 heterocycles. The van der Waals surface area contributed by atoms with Gasteiger partial charge in [0.05, 0.1) is 11.6 Å². The highest BCUT2D eigenvalue weighted by molar-refractivity contribution is 5.19. The highest BCUT2D eigenvalue weighted by Crippen LogP contribution is 2.32. The molecule has 154 valence electrons. The van der Waals surface area contributed by atoms with Gasteiger partial charge in [-0.1, -0.05) is 56.3 Å². The van der Waals surface area contributed by atoms with Crippen LogP contribution in [-0.2, 0) is 18.6 Å². The number of hydrogen-bond donors (Lipinski definition) is 0. The number of hydrogen-bond acceptors (Lipinski definition) is 4. The first kappa shape index (κ1) is 21.1. The summed E-state index contributed by atoms with van der Waals surface area (Å²) < 4.78 is 15.3. The smallest absolute Gasteiger partial charge is 0.169 e. The maximum atomic E-state index is 13.4. The van der Waals surface area contributed by atoms with E-state index in [0.717, 1.165) is 17.9 Å². The van der Waals surface area contributed by atoms with Crippen molar-refractivity contribution in [2.75, 3.05) is 0 Å². The topological polar surface area (TPSA) is 46.8 Å². The lowest BCUT2D eigenvalue weighted by Crippen LogP contribution is -2.36. The fourth-order valence-corrected chi connectivity index (χ4v) is 3.63. The summed E-state index contributed by atoms with van der Waals surface area (Å²) in [5, 5.41) is 12.7. The number of rotatable bonds is 7. The van der Waals surface area contributed by atoms with Gasteiger partial charge in [-0.2, -0.15) is 0 Å². The van der Waals surface area contributed by atoms with Gasteiger partial charge < -0.3 is 0 Å². The van der Waals surface area contributed by atoms with Crippen molar-refractivity contribution in [1.29, 1.82) is 0 Å². The Kier molecular flexibility index (Phi) is 6.42. The van der Waals surface area contributed by atoms with Crippen LogP contribution in [0.5, 0.6) is 0 Å². The third-order valence-corrected chi connectivity index (χ3v) is 4.95. The Bertz CT molecular complexity index is 897. The molecule has 0 aliphatic carbocycles. The Balaban J connectivity index is 2.01. The first-order valence-electron chi connectivity index (χ1n) is 10.1. The van der Waals surface area contributed by atoms with E-state index in [-0.39, 0.29) is 23.3 Å². The van der Waals surface area contributed by atoms with Crippen LogP contribution in [0.1, 0.15) is 57.6 Å². The van der Waals surface area contributed by atoms with E-state index in [0.29, 0.717) is 6.54 Å². The van der Waals surface area contributed by atoms with Crippen LogP contribution >= 0.6 is 0 Å². The number of aromatic nitrogens is 4. The summed E-state index contributed by atoms with van der Waals surface area (Å²) >= 11 is 0. The van der Waals surface area contributed by atoms with E-state index in [9.17, 15) is 4.39 Å². The zero-order valence-corrected chi connectivity index (χ0v) is 17.9. The molecule has 0 bridgehead atoms. The summed E-state index contributed by atoms with van der Waals surface area (Å²) in [6, 6.07) is 17.1. The van der Waals surface area contributed by atoms with Gasteiger partial charge in [0.1, 0.15) is 5.82 Å². The van der Waals surface area contributed by atoms with Crippen LogP contribution in [0, 0.1) is 11.7 Å². The van der Waals surface area contributed by atoms with Crippen LogP contribution < -0.4 is 0 Å². The van der Waals surface area contributed by atoms with Gasteiger partial charge in [0.25, 0.3) is 0 Å². The van der Waals surface area contributed by atoms with Gasteiger partial charge in [-0.15, -0.1) is 5.10 Å². The average Bonchev–Trinajstić information content (AvgIpc) is 3.14. The molecule has 1 unspecified atom stereocenters. The van der Waals surface area contributed by atoms with Gasteiger partial charge in [0.2, 0.25) is 0 Å². The van der Waals surface area contributed by atoms with Gasteiger partial charge in [0.15, 0.2) is 5.82 Å². The Morgan fingerprint density at radius 2 is 1.52 bits per heavy atom. The molecule has 5 nitrogen and oxygen atoms in total. The molecule has 6 heteroatoms. The van der Waals surface area contributed by atoms with Crippen molar-refractivity contribution in [2.45, 2.75) is 59.3 Å². The maximum absolute atomic E-state index is 13.4. The van der Waals surface area contributed by atoms with Crippen molar-refractivity contribution in [3.63, 3.8) is 0 Å². The van der Waals surface area contributed by atoms with Crippen molar-refractivity contribution < 1.29 is 4.39 Å². The molecule has 0 saturated heterocycles. The summed E-state index contributed by atoms with van der Waals surface area (Å²) in [7, 11) is 0. The van der Waals surface area contributed by atoms with Crippen LogP contribution in [0.15, 0.2) is 54.6 Å². The van der Waals surface area contributed by atoms with E-state index >= 15 is 0 Å². The molecule has 0 spiro atoms. The first-order valence-corrected chi connectivity index (χ1v) is 10.1. The molecule has 0 aliphatic rings. The number of nitrogens with zero attached hydrogens (tertiary/aromatic N) is 5. The monoisotopic (exact) mass is 395 g/mol. The molecule has 1 aromatic heterocycles. The Morgan fingerprint density at radius 3 is 2.07 bits per heavy atom. The molecule has 0 radical (unpaired) electrons. The fourth-order valence-electron chi connectivity index (χ4n) is 3.63. The fraction of sp³-hybridized carbons (Fsp3) is 0.435. The van der Waals surface area contributed by atoms with Crippen molar-refractivity contribution in [3.05, 3.63) is 77.4 Å². The predicted octanol–water partition coefficient (Wildman–Crippen LogP) is 4.97. The Labute approximate surface area is 172 Å². The minimum absolute atomic E-state index is 0.00878. The summed E-state index contributed by atoms with van der Waals surface area (Å²) in [5.74, 6) is 0.914. The van der Waals surface area contributed by atoms with Crippen molar-refractivity contribution in [3.8, 4) is 0 Å². The molecule has 2 aromatic carbocycles. The van der Waals surface area contributed by atoms with Gasteiger partial charge in [-0.25, -0.2) is 9.07 Å². The molecule has 0 aliphatic heterocycles. The van der Waals surface area contributed by atoms with Gasteiger partial charge >= 0.3 is 0 Å². The molecule has 1 atom stereocenters. The van der Waals surface area contributed by atoms with Crippen molar-refractivity contribution >= 4 is 0 Å². The number of halogens is 1.